The number of nitrogens with zero attached hydrogens (tertiary/aromatic N) is 3. The van der Waals surface area contributed by atoms with Gasteiger partial charge in [0.15, 0.2) is 0 Å². The Morgan fingerprint density at radius 2 is 1.38 bits per heavy atom. The summed E-state index contributed by atoms with van der Waals surface area (Å²) in [5.41, 5.74) is 8.70. The monoisotopic (exact) mass is 702 g/mol. The van der Waals surface area contributed by atoms with Gasteiger partial charge in [-0.05, 0) is 52.0 Å². The first-order valence-electron chi connectivity index (χ1n) is 18.3. The van der Waals surface area contributed by atoms with Crippen LogP contribution in [0.5, 0.6) is 0 Å². The molecule has 3 atom stereocenters. The lowest BCUT2D eigenvalue weighted by Crippen LogP contribution is -2.34. The molecule has 0 heterocycles. The fraction of sp³-hybridized carbons (Fsp3) is 0.886. The van der Waals surface area contributed by atoms with E-state index in [0.717, 1.165) is 38.5 Å². The lowest BCUT2D eigenvalue weighted by Gasteiger charge is -2.25. The van der Waals surface area contributed by atoms with Crippen molar-refractivity contribution < 1.29 is 37.2 Å². The topological polar surface area (TPSA) is 158 Å². The molecule has 0 rings (SSSR count). The number of nitrogens with one attached hydrogen (secondary N) is 1. The highest BCUT2D eigenvalue weighted by Crippen LogP contribution is 2.49. The van der Waals surface area contributed by atoms with Gasteiger partial charge in [-0.1, -0.05) is 115 Å². The van der Waals surface area contributed by atoms with E-state index in [1.54, 1.807) is 20.8 Å². The number of carbonyl (C=O) groups excluding carboxylic acids is 2. The molecule has 0 saturated carbocycles. The van der Waals surface area contributed by atoms with E-state index in [1.807, 2.05) is 0 Å². The summed E-state index contributed by atoms with van der Waals surface area (Å²) in [6.07, 6.45) is 19.2. The summed E-state index contributed by atoms with van der Waals surface area (Å²) in [5, 5.41) is 6.47. The number of unbranched alkanes of at least 4 members (excludes halogenated alkanes) is 14. The summed E-state index contributed by atoms with van der Waals surface area (Å²) < 4.78 is 40.6. The fourth-order valence-electron chi connectivity index (χ4n) is 4.99. The van der Waals surface area contributed by atoms with Gasteiger partial charge in [0.2, 0.25) is 0 Å². The summed E-state index contributed by atoms with van der Waals surface area (Å²) in [7, 11) is -4.05. The van der Waals surface area contributed by atoms with E-state index in [2.05, 4.69) is 35.8 Å². The minimum atomic E-state index is -4.05. The zero-order chi connectivity index (χ0) is 35.9. The van der Waals surface area contributed by atoms with Gasteiger partial charge in [-0.2, -0.15) is 0 Å². The molecule has 280 valence electrons. The molecule has 48 heavy (non-hydrogen) atoms. The third-order valence-electron chi connectivity index (χ3n) is 7.52. The fourth-order valence-corrected chi connectivity index (χ4v) is 6.15. The van der Waals surface area contributed by atoms with Crippen LogP contribution in [-0.2, 0) is 32.4 Å². The molecule has 0 aromatic rings. The second-order valence-electron chi connectivity index (χ2n) is 13.2. The number of phosphoric acid groups is 1. The van der Waals surface area contributed by atoms with E-state index < -0.39 is 31.7 Å². The van der Waals surface area contributed by atoms with Crippen LogP contribution in [0.15, 0.2) is 17.8 Å². The van der Waals surface area contributed by atoms with Crippen LogP contribution in [0, 0.1) is 0 Å². The summed E-state index contributed by atoms with van der Waals surface area (Å²) in [5.74, 6) is -0.301. The highest BCUT2D eigenvalue weighted by molar-refractivity contribution is 7.48. The van der Waals surface area contributed by atoms with Crippen molar-refractivity contribution >= 4 is 19.9 Å². The number of amides is 1. The number of rotatable bonds is 32. The van der Waals surface area contributed by atoms with Crippen molar-refractivity contribution in [3.8, 4) is 0 Å². The van der Waals surface area contributed by atoms with Gasteiger partial charge < -0.3 is 14.8 Å². The van der Waals surface area contributed by atoms with E-state index in [9.17, 15) is 19.7 Å². The zero-order valence-electron chi connectivity index (χ0n) is 30.8. The Kier molecular flexibility index (Phi) is 28.5. The molecule has 0 fully saturated rings. The predicted octanol–water partition coefficient (Wildman–Crippen LogP) is 10.9. The first-order chi connectivity index (χ1) is 23.0. The van der Waals surface area contributed by atoms with E-state index in [0.29, 0.717) is 12.8 Å². The van der Waals surface area contributed by atoms with Crippen molar-refractivity contribution in [3.05, 3.63) is 23.1 Å². The number of ether oxygens (including phenoxy) is 2. The molecule has 1 N–H and O–H groups in total. The van der Waals surface area contributed by atoms with Gasteiger partial charge >= 0.3 is 19.9 Å². The maximum Gasteiger partial charge on any atom is 0.475 e. The minimum absolute atomic E-state index is 0.0105. The van der Waals surface area contributed by atoms with Gasteiger partial charge in [-0.25, -0.2) is 9.36 Å². The smallest absolute Gasteiger partial charge is 0.462 e. The molecular formula is C35H67N4O8P. The van der Waals surface area contributed by atoms with Crippen LogP contribution in [0.25, 0.3) is 10.4 Å². The van der Waals surface area contributed by atoms with E-state index in [4.69, 9.17) is 23.0 Å². The Labute approximate surface area is 291 Å². The molecule has 1 amide bonds. The quantitative estimate of drug-likeness (QED) is 0.0138. The maximum absolute atomic E-state index is 13.3. The van der Waals surface area contributed by atoms with Crippen LogP contribution < -0.4 is 5.32 Å². The number of hydrogen-bond donors (Lipinski definition) is 1. The lowest BCUT2D eigenvalue weighted by molar-refractivity contribution is -0.151. The van der Waals surface area contributed by atoms with Crippen molar-refractivity contribution in [3.63, 3.8) is 0 Å². The average Bonchev–Trinajstić information content (AvgIpc) is 3.03. The van der Waals surface area contributed by atoms with Crippen molar-refractivity contribution in [2.24, 2.45) is 5.11 Å². The van der Waals surface area contributed by atoms with Crippen molar-refractivity contribution in [2.75, 3.05) is 26.4 Å². The Bertz CT molecular complexity index is 940. The van der Waals surface area contributed by atoms with Crippen molar-refractivity contribution in [1.29, 1.82) is 0 Å². The Morgan fingerprint density at radius 3 is 1.92 bits per heavy atom. The number of hydrogen-bond acceptors (Lipinski definition) is 9. The Balaban J connectivity index is 5.18. The molecule has 0 aliphatic carbocycles. The molecule has 0 aromatic heterocycles. The third-order valence-corrected chi connectivity index (χ3v) is 8.98. The van der Waals surface area contributed by atoms with Crippen molar-refractivity contribution in [1.82, 2.24) is 5.32 Å². The highest BCUT2D eigenvalue weighted by atomic mass is 31.2. The number of alkyl carbamates (subject to hydrolysis) is 1. The van der Waals surface area contributed by atoms with Gasteiger partial charge in [0.1, 0.15) is 11.7 Å². The van der Waals surface area contributed by atoms with Gasteiger partial charge in [0, 0.05) is 17.9 Å². The minimum Gasteiger partial charge on any atom is -0.462 e. The summed E-state index contributed by atoms with van der Waals surface area (Å²) in [6.45, 7) is 12.8. The molecule has 0 bridgehead atoms. The summed E-state index contributed by atoms with van der Waals surface area (Å²) in [6, 6.07) is -0.719. The Morgan fingerprint density at radius 1 is 0.833 bits per heavy atom. The van der Waals surface area contributed by atoms with Crippen LogP contribution in [-0.4, -0.2) is 56.2 Å². The molecule has 0 aliphatic rings. The molecule has 3 unspecified atom stereocenters. The third kappa shape index (κ3) is 27.8. The van der Waals surface area contributed by atoms with Crippen LogP contribution in [0.2, 0.25) is 0 Å². The number of phosphoric ester groups is 1. The molecular weight excluding hydrogens is 635 g/mol. The van der Waals surface area contributed by atoms with Gasteiger partial charge in [0.25, 0.3) is 0 Å². The second kappa shape index (κ2) is 29.8. The second-order valence-corrected chi connectivity index (χ2v) is 14.9. The molecule has 13 heteroatoms. The van der Waals surface area contributed by atoms with Crippen LogP contribution >= 0.6 is 7.82 Å². The Hall–Kier alpha value is -2.10. The first-order valence-corrected chi connectivity index (χ1v) is 19.8. The number of esters is 1. The highest BCUT2D eigenvalue weighted by Gasteiger charge is 2.29. The predicted molar refractivity (Wildman–Crippen MR) is 192 cm³/mol. The van der Waals surface area contributed by atoms with Gasteiger partial charge in [0.05, 0.1) is 25.9 Å². The molecule has 0 aliphatic heterocycles. The molecule has 0 radical (unpaired) electrons. The normalized spacial score (nSPS) is 13.9. The average molecular weight is 703 g/mol. The van der Waals surface area contributed by atoms with Crippen LogP contribution in [0.4, 0.5) is 4.79 Å². The molecule has 0 aromatic carbocycles. The molecule has 0 saturated heterocycles. The van der Waals surface area contributed by atoms with Crippen LogP contribution in [0.3, 0.4) is 0 Å². The van der Waals surface area contributed by atoms with Gasteiger partial charge in [-0.3, -0.25) is 18.4 Å². The molecule has 12 nitrogen and oxygen atoms in total. The SMILES string of the molecule is C=CCOP(=O)(OCCNC(=O)OC(C)(C)C)OCCC(N=[N+]=[N-])C(CCCCCCCCCC)OC(=O)CCCCCCCCCC. The largest absolute Gasteiger partial charge is 0.475 e. The van der Waals surface area contributed by atoms with E-state index >= 15 is 0 Å². The lowest BCUT2D eigenvalue weighted by atomic mass is 10.0. The van der Waals surface area contributed by atoms with Crippen molar-refractivity contribution in [2.45, 2.75) is 174 Å². The van der Waals surface area contributed by atoms with Gasteiger partial charge in [-0.15, -0.1) is 6.58 Å². The summed E-state index contributed by atoms with van der Waals surface area (Å²) >= 11 is 0. The molecule has 0 spiro atoms. The maximum atomic E-state index is 13.3. The standard InChI is InChI=1S/C35H67N4O8P/c1-7-10-12-14-16-18-20-22-24-32(46-33(40)25-23-21-19-17-15-13-11-8-2)31(38-39-36)26-29-44-48(42,43-28-9-3)45-30-27-37-34(41)47-35(4,5)6/h9,31-32H,3,7-8,10-30H2,1-2,4-6H3,(H,37,41). The first kappa shape index (κ1) is 45.9. The summed E-state index contributed by atoms with van der Waals surface area (Å²) in [4.78, 5) is 27.8. The van der Waals surface area contributed by atoms with E-state index in [-0.39, 0.29) is 38.8 Å². The van der Waals surface area contributed by atoms with Crippen LogP contribution in [0.1, 0.15) is 157 Å². The van der Waals surface area contributed by atoms with E-state index in [1.165, 1.54) is 70.3 Å². The number of azide groups is 1. The number of carbonyl (C=O) groups is 2. The zero-order valence-corrected chi connectivity index (χ0v) is 31.7.